The number of phenols is 1. The van der Waals surface area contributed by atoms with Crippen molar-refractivity contribution in [2.75, 3.05) is 14.1 Å². The molecule has 0 spiro atoms. The smallest absolute Gasteiger partial charge is 0.226 e. The van der Waals surface area contributed by atoms with Crippen LogP contribution in [-0.2, 0) is 11.2 Å². The molecule has 0 unspecified atom stereocenters. The molecule has 0 atom stereocenters. The zero-order valence-electron chi connectivity index (χ0n) is 8.74. The second kappa shape index (κ2) is 4.13. The topological polar surface area (TPSA) is 40.5 Å². The zero-order chi connectivity index (χ0) is 10.7. The number of aromatic hydroxyl groups is 1. The van der Waals surface area contributed by atoms with Crippen molar-refractivity contribution in [1.82, 2.24) is 4.90 Å². The number of hydrogen-bond donors (Lipinski definition) is 1. The van der Waals surface area contributed by atoms with Crippen LogP contribution in [0.2, 0.25) is 0 Å². The molecule has 1 N–H and O–H groups in total. The highest BCUT2D eigenvalue weighted by atomic mass is 16.3. The Morgan fingerprint density at radius 1 is 1.43 bits per heavy atom. The van der Waals surface area contributed by atoms with Gasteiger partial charge in [0.1, 0.15) is 5.75 Å². The summed E-state index contributed by atoms with van der Waals surface area (Å²) in [7, 11) is 3.47. The molecule has 0 bridgehead atoms. The van der Waals surface area contributed by atoms with Crippen LogP contribution in [-0.4, -0.2) is 30.0 Å². The lowest BCUT2D eigenvalue weighted by molar-refractivity contribution is -0.127. The number of aryl methyl sites for hydroxylation is 1. The SMILES string of the molecule is Cc1cc(O)ccc1CC(=O)N(C)C. The molecule has 0 radical (unpaired) electrons. The molecule has 3 nitrogen and oxygen atoms in total. The second-order valence-electron chi connectivity index (χ2n) is 3.58. The Hall–Kier alpha value is -1.51. The lowest BCUT2D eigenvalue weighted by atomic mass is 10.1. The molecule has 0 aliphatic rings. The number of carbonyl (C=O) groups is 1. The third-order valence-electron chi connectivity index (χ3n) is 2.17. The molecule has 1 amide bonds. The van der Waals surface area contributed by atoms with Crippen molar-refractivity contribution in [3.8, 4) is 5.75 Å². The van der Waals surface area contributed by atoms with E-state index in [9.17, 15) is 9.90 Å². The van der Waals surface area contributed by atoms with Crippen LogP contribution in [0.25, 0.3) is 0 Å². The molecular weight excluding hydrogens is 178 g/mol. The summed E-state index contributed by atoms with van der Waals surface area (Å²) in [6, 6.07) is 5.05. The van der Waals surface area contributed by atoms with E-state index in [0.717, 1.165) is 11.1 Å². The lowest BCUT2D eigenvalue weighted by Crippen LogP contribution is -2.23. The Balaban J connectivity index is 2.82. The van der Waals surface area contributed by atoms with Gasteiger partial charge in [0.05, 0.1) is 6.42 Å². The summed E-state index contributed by atoms with van der Waals surface area (Å²) in [5.74, 6) is 0.308. The van der Waals surface area contributed by atoms with Gasteiger partial charge in [0, 0.05) is 14.1 Å². The fourth-order valence-electron chi connectivity index (χ4n) is 1.20. The maximum absolute atomic E-state index is 11.4. The number of rotatable bonds is 2. The predicted molar refractivity (Wildman–Crippen MR) is 55.2 cm³/mol. The molecule has 0 aromatic heterocycles. The second-order valence-corrected chi connectivity index (χ2v) is 3.58. The molecule has 1 aromatic rings. The summed E-state index contributed by atoms with van der Waals surface area (Å²) in [6.07, 6.45) is 0.388. The lowest BCUT2D eigenvalue weighted by Gasteiger charge is -2.11. The summed E-state index contributed by atoms with van der Waals surface area (Å²) in [6.45, 7) is 1.89. The number of hydrogen-bond acceptors (Lipinski definition) is 2. The van der Waals surface area contributed by atoms with E-state index in [-0.39, 0.29) is 11.7 Å². The maximum Gasteiger partial charge on any atom is 0.226 e. The summed E-state index contributed by atoms with van der Waals surface area (Å²) in [5, 5.41) is 9.19. The van der Waals surface area contributed by atoms with E-state index in [1.165, 1.54) is 0 Å². The predicted octanol–water partition coefficient (Wildman–Crippen LogP) is 1.33. The van der Waals surface area contributed by atoms with Gasteiger partial charge in [0.2, 0.25) is 5.91 Å². The Morgan fingerprint density at radius 3 is 2.57 bits per heavy atom. The van der Waals surface area contributed by atoms with E-state index in [4.69, 9.17) is 0 Å². The molecule has 0 aliphatic carbocycles. The first-order valence-corrected chi connectivity index (χ1v) is 4.49. The Bertz CT molecular complexity index is 345. The van der Waals surface area contributed by atoms with Crippen LogP contribution in [0.3, 0.4) is 0 Å². The number of carbonyl (C=O) groups excluding carboxylic acids is 1. The molecule has 0 fully saturated rings. The van der Waals surface area contributed by atoms with Crippen molar-refractivity contribution in [3.63, 3.8) is 0 Å². The average molecular weight is 193 g/mol. The standard InChI is InChI=1S/C11H15NO2/c1-8-6-10(13)5-4-9(8)7-11(14)12(2)3/h4-6,13H,7H2,1-3H3. The number of phenolic OH excluding ortho intramolecular Hbond substituents is 1. The first kappa shape index (κ1) is 10.6. The molecule has 0 aliphatic heterocycles. The van der Waals surface area contributed by atoms with Gasteiger partial charge >= 0.3 is 0 Å². The quantitative estimate of drug-likeness (QED) is 0.769. The number of amides is 1. The molecular formula is C11H15NO2. The van der Waals surface area contributed by atoms with Crippen LogP contribution < -0.4 is 0 Å². The largest absolute Gasteiger partial charge is 0.508 e. The minimum absolute atomic E-state index is 0.0683. The van der Waals surface area contributed by atoms with Gasteiger partial charge in [-0.3, -0.25) is 4.79 Å². The Morgan fingerprint density at radius 2 is 2.07 bits per heavy atom. The maximum atomic E-state index is 11.4. The van der Waals surface area contributed by atoms with Crippen LogP contribution >= 0.6 is 0 Å². The van der Waals surface area contributed by atoms with E-state index in [2.05, 4.69) is 0 Å². The monoisotopic (exact) mass is 193 g/mol. The van der Waals surface area contributed by atoms with Crippen molar-refractivity contribution in [3.05, 3.63) is 29.3 Å². The van der Waals surface area contributed by atoms with Crippen LogP contribution in [0, 0.1) is 6.92 Å². The molecule has 3 heteroatoms. The van der Waals surface area contributed by atoms with Gasteiger partial charge in [-0.1, -0.05) is 6.07 Å². The van der Waals surface area contributed by atoms with E-state index >= 15 is 0 Å². The van der Waals surface area contributed by atoms with Crippen LogP contribution in [0.5, 0.6) is 5.75 Å². The summed E-state index contributed by atoms with van der Waals surface area (Å²) < 4.78 is 0. The van der Waals surface area contributed by atoms with Gasteiger partial charge in [0.15, 0.2) is 0 Å². The minimum Gasteiger partial charge on any atom is -0.508 e. The molecule has 14 heavy (non-hydrogen) atoms. The van der Waals surface area contributed by atoms with Gasteiger partial charge in [-0.15, -0.1) is 0 Å². The molecule has 1 rings (SSSR count). The number of benzene rings is 1. The number of nitrogens with zero attached hydrogens (tertiary/aromatic N) is 1. The zero-order valence-corrected chi connectivity index (χ0v) is 8.74. The fraction of sp³-hybridized carbons (Fsp3) is 0.364. The Labute approximate surface area is 84.0 Å². The third kappa shape index (κ3) is 2.49. The van der Waals surface area contributed by atoms with Crippen LogP contribution in [0.15, 0.2) is 18.2 Å². The summed E-state index contributed by atoms with van der Waals surface area (Å²) >= 11 is 0. The van der Waals surface area contributed by atoms with Crippen LogP contribution in [0.1, 0.15) is 11.1 Å². The van der Waals surface area contributed by atoms with E-state index in [1.807, 2.05) is 6.92 Å². The van der Waals surface area contributed by atoms with Gasteiger partial charge in [-0.2, -0.15) is 0 Å². The first-order chi connectivity index (χ1) is 6.50. The summed E-state index contributed by atoms with van der Waals surface area (Å²) in [5.41, 5.74) is 1.90. The van der Waals surface area contributed by atoms with Crippen molar-refractivity contribution in [2.45, 2.75) is 13.3 Å². The van der Waals surface area contributed by atoms with Gasteiger partial charge in [-0.05, 0) is 30.2 Å². The highest BCUT2D eigenvalue weighted by molar-refractivity contribution is 5.78. The highest BCUT2D eigenvalue weighted by Gasteiger charge is 2.07. The van der Waals surface area contributed by atoms with E-state index < -0.39 is 0 Å². The van der Waals surface area contributed by atoms with E-state index in [1.54, 1.807) is 37.2 Å². The summed E-state index contributed by atoms with van der Waals surface area (Å²) in [4.78, 5) is 13.0. The van der Waals surface area contributed by atoms with Crippen molar-refractivity contribution >= 4 is 5.91 Å². The van der Waals surface area contributed by atoms with E-state index in [0.29, 0.717) is 6.42 Å². The minimum atomic E-state index is 0.0683. The number of likely N-dealkylation sites (N-methyl/N-ethyl adjacent to an activating group) is 1. The molecule has 1 aromatic carbocycles. The third-order valence-corrected chi connectivity index (χ3v) is 2.17. The van der Waals surface area contributed by atoms with Crippen LogP contribution in [0.4, 0.5) is 0 Å². The fourth-order valence-corrected chi connectivity index (χ4v) is 1.20. The van der Waals surface area contributed by atoms with Gasteiger partial charge in [0.25, 0.3) is 0 Å². The van der Waals surface area contributed by atoms with Crippen molar-refractivity contribution in [1.29, 1.82) is 0 Å². The molecule has 0 saturated carbocycles. The molecule has 0 saturated heterocycles. The Kier molecular flexibility index (Phi) is 3.12. The van der Waals surface area contributed by atoms with Crippen molar-refractivity contribution < 1.29 is 9.90 Å². The van der Waals surface area contributed by atoms with Gasteiger partial charge < -0.3 is 10.0 Å². The molecule has 0 heterocycles. The normalized spacial score (nSPS) is 9.93. The first-order valence-electron chi connectivity index (χ1n) is 4.49. The highest BCUT2D eigenvalue weighted by Crippen LogP contribution is 2.16. The van der Waals surface area contributed by atoms with Gasteiger partial charge in [-0.25, -0.2) is 0 Å². The average Bonchev–Trinajstić information content (AvgIpc) is 2.09. The molecule has 76 valence electrons. The van der Waals surface area contributed by atoms with Crippen molar-refractivity contribution in [2.24, 2.45) is 0 Å².